The van der Waals surface area contributed by atoms with Crippen LogP contribution in [0.1, 0.15) is 48.0 Å². The summed E-state index contributed by atoms with van der Waals surface area (Å²) in [6.07, 6.45) is 1.02. The van der Waals surface area contributed by atoms with Gasteiger partial charge in [-0.15, -0.1) is 0 Å². The molecule has 0 bridgehead atoms. The third-order valence-electron chi connectivity index (χ3n) is 4.69. The Hall–Kier alpha value is -0.130. The van der Waals surface area contributed by atoms with Gasteiger partial charge in [0.1, 0.15) is 0 Å². The third-order valence-corrected chi connectivity index (χ3v) is 6.48. The van der Waals surface area contributed by atoms with Crippen LogP contribution in [0.15, 0.2) is 0 Å². The third kappa shape index (κ3) is 2.89. The van der Waals surface area contributed by atoms with Crippen molar-refractivity contribution in [3.63, 3.8) is 0 Å². The van der Waals surface area contributed by atoms with E-state index >= 15 is 0 Å². The van der Waals surface area contributed by atoms with Crippen molar-refractivity contribution in [2.75, 3.05) is 13.1 Å². The summed E-state index contributed by atoms with van der Waals surface area (Å²) >= 11 is 0. The molecule has 1 aliphatic carbocycles. The SMILES string of the molecule is CCCNCC(C)S(=O)(=O)NC1C(C)(C)C1(C)C. The van der Waals surface area contributed by atoms with E-state index < -0.39 is 15.3 Å². The molecule has 2 N–H and O–H groups in total. The summed E-state index contributed by atoms with van der Waals surface area (Å²) in [7, 11) is -3.23. The Labute approximate surface area is 112 Å². The van der Waals surface area contributed by atoms with Crippen LogP contribution in [0.2, 0.25) is 0 Å². The zero-order valence-electron chi connectivity index (χ0n) is 12.5. The van der Waals surface area contributed by atoms with E-state index in [2.05, 4.69) is 44.7 Å². The van der Waals surface area contributed by atoms with Gasteiger partial charge in [-0.2, -0.15) is 0 Å². The lowest BCUT2D eigenvalue weighted by molar-refractivity contribution is 0.457. The monoisotopic (exact) mass is 276 g/mol. The second-order valence-corrected chi connectivity index (χ2v) is 8.68. The van der Waals surface area contributed by atoms with Crippen LogP contribution in [-0.2, 0) is 10.0 Å². The Morgan fingerprint density at radius 1 is 1.17 bits per heavy atom. The molecule has 108 valence electrons. The molecule has 1 atom stereocenters. The summed E-state index contributed by atoms with van der Waals surface area (Å²) in [5, 5.41) is 2.76. The first kappa shape index (κ1) is 15.9. The molecule has 1 rings (SSSR count). The molecule has 5 heteroatoms. The summed E-state index contributed by atoms with van der Waals surface area (Å²) in [6.45, 7) is 13.6. The molecule has 1 aliphatic rings. The van der Waals surface area contributed by atoms with Gasteiger partial charge in [-0.05, 0) is 30.7 Å². The predicted octanol–water partition coefficient (Wildman–Crippen LogP) is 1.73. The van der Waals surface area contributed by atoms with E-state index in [0.717, 1.165) is 13.0 Å². The molecule has 0 heterocycles. The Kier molecular flexibility index (Phi) is 4.51. The second kappa shape index (κ2) is 5.10. The molecule has 1 fully saturated rings. The van der Waals surface area contributed by atoms with Crippen molar-refractivity contribution >= 4 is 10.0 Å². The number of nitrogens with one attached hydrogen (secondary N) is 2. The van der Waals surface area contributed by atoms with Crippen LogP contribution in [0, 0.1) is 10.8 Å². The molecule has 0 amide bonds. The normalized spacial score (nSPS) is 23.9. The largest absolute Gasteiger partial charge is 0.315 e. The fraction of sp³-hybridized carbons (Fsp3) is 1.00. The van der Waals surface area contributed by atoms with Crippen LogP contribution < -0.4 is 10.0 Å². The lowest BCUT2D eigenvalue weighted by atomic mass is 10.0. The Morgan fingerprint density at radius 2 is 1.67 bits per heavy atom. The fourth-order valence-corrected chi connectivity index (χ4v) is 3.85. The number of rotatable bonds is 7. The van der Waals surface area contributed by atoms with Gasteiger partial charge in [0.25, 0.3) is 0 Å². The van der Waals surface area contributed by atoms with Gasteiger partial charge in [-0.1, -0.05) is 34.6 Å². The Bertz CT molecular complexity index is 374. The molecule has 0 aromatic carbocycles. The van der Waals surface area contributed by atoms with Gasteiger partial charge in [0.05, 0.1) is 5.25 Å². The van der Waals surface area contributed by atoms with Crippen molar-refractivity contribution in [1.29, 1.82) is 0 Å². The molecule has 0 aromatic heterocycles. The lowest BCUT2D eigenvalue weighted by Gasteiger charge is -2.15. The van der Waals surface area contributed by atoms with E-state index in [1.807, 2.05) is 0 Å². The quantitative estimate of drug-likeness (QED) is 0.696. The first-order valence-corrected chi connectivity index (χ1v) is 8.34. The minimum absolute atomic E-state index is 0.0383. The topological polar surface area (TPSA) is 58.2 Å². The summed E-state index contributed by atoms with van der Waals surface area (Å²) in [4.78, 5) is 0. The van der Waals surface area contributed by atoms with E-state index in [-0.39, 0.29) is 16.9 Å². The number of hydrogen-bond donors (Lipinski definition) is 2. The molecule has 1 unspecified atom stereocenters. The van der Waals surface area contributed by atoms with Crippen molar-refractivity contribution in [1.82, 2.24) is 10.0 Å². The maximum absolute atomic E-state index is 12.2. The highest BCUT2D eigenvalue weighted by atomic mass is 32.2. The van der Waals surface area contributed by atoms with Crippen LogP contribution >= 0.6 is 0 Å². The van der Waals surface area contributed by atoms with E-state index in [9.17, 15) is 8.42 Å². The first-order valence-electron chi connectivity index (χ1n) is 6.79. The predicted molar refractivity (Wildman–Crippen MR) is 76.0 cm³/mol. The average Bonchev–Trinajstić information content (AvgIpc) is 2.61. The number of sulfonamides is 1. The van der Waals surface area contributed by atoms with Crippen molar-refractivity contribution < 1.29 is 8.42 Å². The summed E-state index contributed by atoms with van der Waals surface area (Å²) in [5.41, 5.74) is 0.0767. The van der Waals surface area contributed by atoms with Gasteiger partial charge in [-0.3, -0.25) is 0 Å². The Morgan fingerprint density at radius 3 is 2.06 bits per heavy atom. The summed E-state index contributed by atoms with van der Waals surface area (Å²) in [6, 6.07) is 0.0450. The van der Waals surface area contributed by atoms with Gasteiger partial charge in [0.15, 0.2) is 0 Å². The summed E-state index contributed by atoms with van der Waals surface area (Å²) < 4.78 is 27.3. The standard InChI is InChI=1S/C13H28N2O2S/c1-7-8-14-9-10(2)18(16,17)15-11-12(3,4)13(11,5)6/h10-11,14-15H,7-9H2,1-6H3. The lowest BCUT2D eigenvalue weighted by Crippen LogP contribution is -2.41. The highest BCUT2D eigenvalue weighted by Gasteiger charge is 2.66. The molecular weight excluding hydrogens is 248 g/mol. The smallest absolute Gasteiger partial charge is 0.215 e. The molecule has 0 saturated heterocycles. The molecule has 0 aromatic rings. The summed E-state index contributed by atoms with van der Waals surface area (Å²) in [5.74, 6) is 0. The van der Waals surface area contributed by atoms with E-state index in [1.165, 1.54) is 0 Å². The highest BCUT2D eigenvalue weighted by Crippen LogP contribution is 2.62. The Balaban J connectivity index is 2.56. The molecule has 0 spiro atoms. The van der Waals surface area contributed by atoms with Gasteiger partial charge >= 0.3 is 0 Å². The van der Waals surface area contributed by atoms with Crippen LogP contribution in [0.3, 0.4) is 0 Å². The molecule has 1 saturated carbocycles. The zero-order valence-corrected chi connectivity index (χ0v) is 13.3. The number of hydrogen-bond acceptors (Lipinski definition) is 3. The highest BCUT2D eigenvalue weighted by molar-refractivity contribution is 7.90. The van der Waals surface area contributed by atoms with Crippen LogP contribution in [0.4, 0.5) is 0 Å². The van der Waals surface area contributed by atoms with E-state index in [4.69, 9.17) is 0 Å². The minimum Gasteiger partial charge on any atom is -0.315 e. The average molecular weight is 276 g/mol. The van der Waals surface area contributed by atoms with Crippen molar-refractivity contribution in [2.24, 2.45) is 10.8 Å². The van der Waals surface area contributed by atoms with Crippen molar-refractivity contribution in [3.8, 4) is 0 Å². The van der Waals surface area contributed by atoms with Crippen LogP contribution in [0.5, 0.6) is 0 Å². The molecule has 18 heavy (non-hydrogen) atoms. The molecular formula is C13H28N2O2S. The van der Waals surface area contributed by atoms with Gasteiger partial charge < -0.3 is 5.32 Å². The fourth-order valence-electron chi connectivity index (χ4n) is 2.36. The van der Waals surface area contributed by atoms with Gasteiger partial charge in [0.2, 0.25) is 10.0 Å². The molecule has 0 radical (unpaired) electrons. The van der Waals surface area contributed by atoms with Crippen molar-refractivity contribution in [2.45, 2.75) is 59.3 Å². The van der Waals surface area contributed by atoms with E-state index in [0.29, 0.717) is 6.54 Å². The van der Waals surface area contributed by atoms with Crippen molar-refractivity contribution in [3.05, 3.63) is 0 Å². The van der Waals surface area contributed by atoms with Crippen LogP contribution in [0.25, 0.3) is 0 Å². The van der Waals surface area contributed by atoms with Crippen LogP contribution in [-0.4, -0.2) is 32.8 Å². The van der Waals surface area contributed by atoms with E-state index in [1.54, 1.807) is 6.92 Å². The molecule has 4 nitrogen and oxygen atoms in total. The zero-order chi connectivity index (χ0) is 14.2. The van der Waals surface area contributed by atoms with Gasteiger partial charge in [0, 0.05) is 12.6 Å². The molecule has 0 aliphatic heterocycles. The minimum atomic E-state index is -3.23. The van der Waals surface area contributed by atoms with Gasteiger partial charge in [-0.25, -0.2) is 13.1 Å². The second-order valence-electron chi connectivity index (χ2n) is 6.55. The maximum Gasteiger partial charge on any atom is 0.215 e. The maximum atomic E-state index is 12.2. The first-order chi connectivity index (χ1) is 8.07.